The van der Waals surface area contributed by atoms with Gasteiger partial charge >= 0.3 is 5.97 Å². The van der Waals surface area contributed by atoms with Crippen molar-refractivity contribution in [3.8, 4) is 0 Å². The van der Waals surface area contributed by atoms with Crippen LogP contribution in [-0.4, -0.2) is 28.7 Å². The van der Waals surface area contributed by atoms with Crippen molar-refractivity contribution in [3.63, 3.8) is 0 Å². The Balaban J connectivity index is 0.000000810. The number of carboxylic acid groups (broad SMARTS) is 1. The maximum Gasteiger partial charge on any atom is 0.322 e. The van der Waals surface area contributed by atoms with Crippen LogP contribution in [0.1, 0.15) is 12.8 Å². The maximum absolute atomic E-state index is 10.3. The van der Waals surface area contributed by atoms with Gasteiger partial charge in [-0.3, -0.25) is 10.6 Å². The largest absolute Gasteiger partial charge is 0.480 e. The zero-order valence-corrected chi connectivity index (χ0v) is 6.30. The Morgan fingerprint density at radius 1 is 1.70 bits per heavy atom. The van der Waals surface area contributed by atoms with Crippen molar-refractivity contribution in [2.75, 3.05) is 6.54 Å². The number of rotatable bonds is 1. The van der Waals surface area contributed by atoms with Crippen molar-refractivity contribution in [2.24, 2.45) is 5.84 Å². The van der Waals surface area contributed by atoms with E-state index in [9.17, 15) is 4.79 Å². The molecule has 0 bridgehead atoms. The molecule has 0 aromatic carbocycles. The molecular weight excluding hydrogens is 156 g/mol. The summed E-state index contributed by atoms with van der Waals surface area (Å²) in [5.74, 6) is 4.52. The minimum absolute atomic E-state index is 0. The molecule has 10 heavy (non-hydrogen) atoms. The molecule has 1 atom stereocenters. The predicted octanol–water partition coefficient (Wildman–Crippen LogP) is -0.169. The average Bonchev–Trinajstić information content (AvgIpc) is 2.13. The Morgan fingerprint density at radius 2 is 2.30 bits per heavy atom. The van der Waals surface area contributed by atoms with E-state index in [0.717, 1.165) is 6.42 Å². The molecule has 4 nitrogen and oxygen atoms in total. The van der Waals surface area contributed by atoms with Gasteiger partial charge in [-0.05, 0) is 12.8 Å². The van der Waals surface area contributed by atoms with E-state index in [1.54, 1.807) is 0 Å². The van der Waals surface area contributed by atoms with Crippen molar-refractivity contribution in [1.82, 2.24) is 5.01 Å². The van der Waals surface area contributed by atoms with E-state index >= 15 is 0 Å². The molecule has 0 saturated carbocycles. The number of hydrogen-bond acceptors (Lipinski definition) is 3. The summed E-state index contributed by atoms with van der Waals surface area (Å²) in [6.45, 7) is 0.705. The molecule has 5 heteroatoms. The Kier molecular flexibility index (Phi) is 3.63. The van der Waals surface area contributed by atoms with Gasteiger partial charge in [0.25, 0.3) is 0 Å². The second-order valence-corrected chi connectivity index (χ2v) is 2.23. The Labute approximate surface area is 65.4 Å². The molecule has 0 spiro atoms. The number of aliphatic carboxylic acids is 1. The Morgan fingerprint density at radius 3 is 2.50 bits per heavy atom. The van der Waals surface area contributed by atoms with Crippen LogP contribution in [0, 0.1) is 0 Å². The molecule has 1 rings (SSSR count). The number of halogens is 1. The van der Waals surface area contributed by atoms with Gasteiger partial charge in [-0.15, -0.1) is 12.4 Å². The summed E-state index contributed by atoms with van der Waals surface area (Å²) in [4.78, 5) is 10.3. The van der Waals surface area contributed by atoms with Gasteiger partial charge in [-0.25, -0.2) is 5.01 Å². The fourth-order valence-corrected chi connectivity index (χ4v) is 1.05. The molecule has 1 aliphatic heterocycles. The molecule has 3 N–H and O–H groups in total. The summed E-state index contributed by atoms with van der Waals surface area (Å²) in [6.07, 6.45) is 1.58. The first-order chi connectivity index (χ1) is 4.22. The summed E-state index contributed by atoms with van der Waals surface area (Å²) in [6, 6.07) is -0.440. The zero-order valence-electron chi connectivity index (χ0n) is 5.49. The van der Waals surface area contributed by atoms with Crippen molar-refractivity contribution < 1.29 is 9.90 Å². The summed E-state index contributed by atoms with van der Waals surface area (Å²) < 4.78 is 0. The van der Waals surface area contributed by atoms with Crippen LogP contribution in [0.15, 0.2) is 0 Å². The zero-order chi connectivity index (χ0) is 6.85. The van der Waals surface area contributed by atoms with E-state index in [1.807, 2.05) is 0 Å². The van der Waals surface area contributed by atoms with Crippen LogP contribution < -0.4 is 5.84 Å². The third-order valence-corrected chi connectivity index (χ3v) is 1.58. The lowest BCUT2D eigenvalue weighted by molar-refractivity contribution is -0.142. The minimum Gasteiger partial charge on any atom is -0.480 e. The fourth-order valence-electron chi connectivity index (χ4n) is 1.05. The van der Waals surface area contributed by atoms with Gasteiger partial charge in [0.1, 0.15) is 6.04 Å². The molecule has 1 fully saturated rings. The van der Waals surface area contributed by atoms with Crippen molar-refractivity contribution >= 4 is 18.4 Å². The van der Waals surface area contributed by atoms with E-state index < -0.39 is 12.0 Å². The van der Waals surface area contributed by atoms with Crippen LogP contribution >= 0.6 is 12.4 Å². The number of nitrogens with zero attached hydrogens (tertiary/aromatic N) is 1. The third kappa shape index (κ3) is 1.83. The molecule has 0 radical (unpaired) electrons. The lowest BCUT2D eigenvalue weighted by atomic mass is 10.2. The van der Waals surface area contributed by atoms with Crippen molar-refractivity contribution in [1.29, 1.82) is 0 Å². The van der Waals surface area contributed by atoms with Gasteiger partial charge in [0, 0.05) is 6.54 Å². The number of carbonyl (C=O) groups is 1. The Bertz CT molecular complexity index is 131. The molecular formula is C5H11ClN2O2. The van der Waals surface area contributed by atoms with Crippen LogP contribution in [0.5, 0.6) is 0 Å². The molecule has 0 aromatic heterocycles. The molecule has 0 unspecified atom stereocenters. The maximum atomic E-state index is 10.3. The smallest absolute Gasteiger partial charge is 0.322 e. The highest BCUT2D eigenvalue weighted by Crippen LogP contribution is 2.12. The van der Waals surface area contributed by atoms with Gasteiger partial charge in [0.2, 0.25) is 0 Å². The first-order valence-corrected chi connectivity index (χ1v) is 2.96. The second kappa shape index (κ2) is 3.75. The summed E-state index contributed by atoms with van der Waals surface area (Å²) >= 11 is 0. The molecule has 0 amide bonds. The van der Waals surface area contributed by atoms with Gasteiger partial charge in [-0.1, -0.05) is 0 Å². The lowest BCUT2D eigenvalue weighted by Crippen LogP contribution is -2.40. The standard InChI is InChI=1S/C5H10N2O2.ClH/c6-7-3-1-2-4(7)5(8)9;/h4H,1-3,6H2,(H,8,9);1H/t4-;/m0./s1. The molecule has 0 aromatic rings. The van der Waals surface area contributed by atoms with Gasteiger partial charge < -0.3 is 5.11 Å². The van der Waals surface area contributed by atoms with E-state index in [4.69, 9.17) is 10.9 Å². The molecule has 1 heterocycles. The monoisotopic (exact) mass is 166 g/mol. The first kappa shape index (κ1) is 9.68. The van der Waals surface area contributed by atoms with Gasteiger partial charge in [0.15, 0.2) is 0 Å². The van der Waals surface area contributed by atoms with Crippen molar-refractivity contribution in [3.05, 3.63) is 0 Å². The predicted molar refractivity (Wildman–Crippen MR) is 38.8 cm³/mol. The van der Waals surface area contributed by atoms with Crippen LogP contribution in [0.3, 0.4) is 0 Å². The average molecular weight is 167 g/mol. The van der Waals surface area contributed by atoms with Crippen molar-refractivity contribution in [2.45, 2.75) is 18.9 Å². The van der Waals surface area contributed by atoms with E-state index in [0.29, 0.717) is 13.0 Å². The fraction of sp³-hybridized carbons (Fsp3) is 0.800. The highest BCUT2D eigenvalue weighted by Gasteiger charge is 2.27. The van der Waals surface area contributed by atoms with Gasteiger partial charge in [-0.2, -0.15) is 0 Å². The normalized spacial score (nSPS) is 25.9. The number of nitrogens with two attached hydrogens (primary N) is 1. The second-order valence-electron chi connectivity index (χ2n) is 2.23. The van der Waals surface area contributed by atoms with Crippen LogP contribution in [0.4, 0.5) is 0 Å². The molecule has 0 aliphatic carbocycles. The molecule has 1 aliphatic rings. The highest BCUT2D eigenvalue weighted by atomic mass is 35.5. The Hall–Kier alpha value is -0.320. The van der Waals surface area contributed by atoms with Crippen LogP contribution in [0.2, 0.25) is 0 Å². The number of hydrazine groups is 1. The first-order valence-electron chi connectivity index (χ1n) is 2.96. The molecule has 1 saturated heterocycles. The number of hydrogen-bond donors (Lipinski definition) is 2. The van der Waals surface area contributed by atoms with E-state index in [1.165, 1.54) is 5.01 Å². The lowest BCUT2D eigenvalue weighted by Gasteiger charge is -2.12. The molecule has 60 valence electrons. The SMILES string of the molecule is Cl.NN1CCC[C@H]1C(=O)O. The van der Waals surface area contributed by atoms with Gasteiger partial charge in [0.05, 0.1) is 0 Å². The summed E-state index contributed by atoms with van der Waals surface area (Å²) in [5.41, 5.74) is 0. The van der Waals surface area contributed by atoms with Crippen LogP contribution in [-0.2, 0) is 4.79 Å². The van der Waals surface area contributed by atoms with Crippen LogP contribution in [0.25, 0.3) is 0 Å². The minimum atomic E-state index is -0.810. The highest BCUT2D eigenvalue weighted by molar-refractivity contribution is 5.85. The topological polar surface area (TPSA) is 66.6 Å². The number of carboxylic acids is 1. The third-order valence-electron chi connectivity index (χ3n) is 1.58. The summed E-state index contributed by atoms with van der Waals surface area (Å²) in [7, 11) is 0. The van der Waals surface area contributed by atoms with E-state index in [-0.39, 0.29) is 12.4 Å². The summed E-state index contributed by atoms with van der Waals surface area (Å²) in [5, 5.41) is 9.84. The quantitative estimate of drug-likeness (QED) is 0.531. The van der Waals surface area contributed by atoms with E-state index in [2.05, 4.69) is 0 Å².